The molecule has 2 unspecified atom stereocenters. The zero-order valence-corrected chi connectivity index (χ0v) is 17.0. The van der Waals surface area contributed by atoms with E-state index in [4.69, 9.17) is 11.1 Å². The number of nitrogens with two attached hydrogens (primary N) is 1. The molecule has 2 aliphatic rings. The molecule has 0 amide bonds. The molecule has 2 atom stereocenters. The van der Waals surface area contributed by atoms with Gasteiger partial charge in [-0.3, -0.25) is 9.36 Å². The van der Waals surface area contributed by atoms with Crippen molar-refractivity contribution >= 4 is 16.6 Å². The van der Waals surface area contributed by atoms with E-state index in [0.717, 1.165) is 53.8 Å². The molecule has 8 nitrogen and oxygen atoms in total. The van der Waals surface area contributed by atoms with E-state index in [-0.39, 0.29) is 6.04 Å². The zero-order valence-electron chi connectivity index (χ0n) is 17.0. The van der Waals surface area contributed by atoms with Gasteiger partial charge in [-0.25, -0.2) is 4.79 Å². The molecule has 3 N–H and O–H groups in total. The van der Waals surface area contributed by atoms with Gasteiger partial charge in [0.1, 0.15) is 0 Å². The Morgan fingerprint density at radius 2 is 2.07 bits per heavy atom. The third-order valence-electron chi connectivity index (χ3n) is 6.39. The molecule has 1 saturated heterocycles. The summed E-state index contributed by atoms with van der Waals surface area (Å²) in [7, 11) is 0. The maximum absolute atomic E-state index is 12.7. The average Bonchev–Trinajstić information content (AvgIpc) is 3.42. The highest BCUT2D eigenvalue weighted by atomic mass is 16.2. The van der Waals surface area contributed by atoms with Gasteiger partial charge in [-0.05, 0) is 56.7 Å². The van der Waals surface area contributed by atoms with E-state index in [2.05, 4.69) is 23.2 Å². The van der Waals surface area contributed by atoms with Gasteiger partial charge in [0.15, 0.2) is 0 Å². The van der Waals surface area contributed by atoms with Crippen LogP contribution in [-0.4, -0.2) is 34.9 Å². The Morgan fingerprint density at radius 3 is 2.76 bits per heavy atom. The van der Waals surface area contributed by atoms with Crippen LogP contribution in [0.1, 0.15) is 44.2 Å². The van der Waals surface area contributed by atoms with Crippen molar-refractivity contribution in [1.29, 1.82) is 5.26 Å². The second-order valence-corrected chi connectivity index (χ2v) is 8.31. The molecule has 29 heavy (non-hydrogen) atoms. The number of nitrogens with one attached hydrogen (secondary N) is 1. The fourth-order valence-electron chi connectivity index (χ4n) is 4.55. The minimum atomic E-state index is -0.439. The predicted molar refractivity (Wildman–Crippen MR) is 114 cm³/mol. The number of aromatic nitrogens is 2. The van der Waals surface area contributed by atoms with E-state index in [1.807, 2.05) is 19.1 Å². The average molecular weight is 396 g/mol. The molecular weight excluding hydrogens is 368 g/mol. The number of hydrogen-bond acceptors (Lipinski definition) is 6. The van der Waals surface area contributed by atoms with Crippen molar-refractivity contribution in [1.82, 2.24) is 14.6 Å². The van der Waals surface area contributed by atoms with E-state index < -0.39 is 11.2 Å². The molecule has 2 heterocycles. The summed E-state index contributed by atoms with van der Waals surface area (Å²) in [6.45, 7) is 6.73. The fraction of sp³-hybridized carbons (Fsp3) is 0.571. The molecule has 1 aromatic heterocycles. The third-order valence-corrected chi connectivity index (χ3v) is 6.39. The lowest BCUT2D eigenvalue weighted by Gasteiger charge is -2.25. The molecule has 0 radical (unpaired) electrons. The number of rotatable bonds is 6. The van der Waals surface area contributed by atoms with E-state index >= 15 is 0 Å². The summed E-state index contributed by atoms with van der Waals surface area (Å²) >= 11 is 0. The van der Waals surface area contributed by atoms with Crippen molar-refractivity contribution < 1.29 is 0 Å². The number of fused-ring (bicyclic) bond motifs is 1. The molecule has 1 aliphatic heterocycles. The van der Waals surface area contributed by atoms with Gasteiger partial charge >= 0.3 is 5.69 Å². The number of hydrogen-bond donors (Lipinski definition) is 2. The first kappa shape index (κ1) is 19.5. The van der Waals surface area contributed by atoms with Crippen molar-refractivity contribution in [2.45, 2.75) is 51.6 Å². The second kappa shape index (κ2) is 7.56. The SMILES string of the molecule is Cc1c(N2CCC(C(C)NCCC#N)C2)ccc2c(=O)n(N)c(=O)n(C3CC3)c12. The molecule has 0 spiro atoms. The van der Waals surface area contributed by atoms with Crippen molar-refractivity contribution in [3.05, 3.63) is 38.5 Å². The Labute approximate surface area is 169 Å². The first-order valence-electron chi connectivity index (χ1n) is 10.3. The monoisotopic (exact) mass is 396 g/mol. The first-order valence-corrected chi connectivity index (χ1v) is 10.3. The Hall–Kier alpha value is -2.79. The molecule has 2 fully saturated rings. The highest BCUT2D eigenvalue weighted by Gasteiger charge is 2.31. The van der Waals surface area contributed by atoms with Gasteiger partial charge in [0, 0.05) is 43.8 Å². The molecule has 1 aromatic carbocycles. The minimum Gasteiger partial charge on any atom is -0.371 e. The summed E-state index contributed by atoms with van der Waals surface area (Å²) in [4.78, 5) is 27.6. The van der Waals surface area contributed by atoms with Gasteiger partial charge in [0.05, 0.1) is 17.0 Å². The second-order valence-electron chi connectivity index (χ2n) is 8.31. The largest absolute Gasteiger partial charge is 0.371 e. The molecule has 154 valence electrons. The Kier molecular flexibility index (Phi) is 5.09. The lowest BCUT2D eigenvalue weighted by atomic mass is 10.0. The smallest absolute Gasteiger partial charge is 0.350 e. The maximum atomic E-state index is 12.7. The lowest BCUT2D eigenvalue weighted by Crippen LogP contribution is -2.44. The molecule has 1 saturated carbocycles. The first-order chi connectivity index (χ1) is 13.9. The van der Waals surface area contributed by atoms with Gasteiger partial charge in [0.2, 0.25) is 0 Å². The highest BCUT2D eigenvalue weighted by Crippen LogP contribution is 2.38. The summed E-state index contributed by atoms with van der Waals surface area (Å²) in [5, 5.41) is 12.7. The van der Waals surface area contributed by atoms with Crippen LogP contribution in [0.2, 0.25) is 0 Å². The van der Waals surface area contributed by atoms with Gasteiger partial charge in [-0.2, -0.15) is 9.94 Å². The van der Waals surface area contributed by atoms with Crippen molar-refractivity contribution in [3.8, 4) is 6.07 Å². The Bertz CT molecular complexity index is 1090. The van der Waals surface area contributed by atoms with Crippen LogP contribution in [-0.2, 0) is 0 Å². The molecule has 8 heteroatoms. The van der Waals surface area contributed by atoms with E-state index in [9.17, 15) is 9.59 Å². The standard InChI is InChI=1S/C21H28N6O2/c1-13-18(25-11-8-15(12-25)14(2)24-10-3-9-22)7-6-17-19(13)26(16-4-5-16)21(29)27(23)20(17)28/h6-7,14-16,24H,3-5,8,10-12,23H2,1-2H3. The number of nitrogens with zero attached hydrogens (tertiary/aromatic N) is 4. The van der Waals surface area contributed by atoms with Crippen LogP contribution in [0.25, 0.3) is 10.9 Å². The molecule has 4 rings (SSSR count). The number of nitriles is 1. The van der Waals surface area contributed by atoms with Crippen molar-refractivity contribution in [2.75, 3.05) is 30.4 Å². The van der Waals surface area contributed by atoms with Crippen LogP contribution >= 0.6 is 0 Å². The lowest BCUT2D eigenvalue weighted by molar-refractivity contribution is 0.406. The van der Waals surface area contributed by atoms with Crippen LogP contribution in [0, 0.1) is 24.2 Å². The van der Waals surface area contributed by atoms with Crippen molar-refractivity contribution in [2.24, 2.45) is 5.92 Å². The summed E-state index contributed by atoms with van der Waals surface area (Å²) in [6, 6.07) is 6.43. The highest BCUT2D eigenvalue weighted by molar-refractivity contribution is 5.87. The molecule has 0 bridgehead atoms. The number of benzene rings is 1. The topological polar surface area (TPSA) is 109 Å². The zero-order chi connectivity index (χ0) is 20.7. The van der Waals surface area contributed by atoms with Crippen LogP contribution in [0.15, 0.2) is 21.7 Å². The van der Waals surface area contributed by atoms with E-state index in [0.29, 0.717) is 30.3 Å². The van der Waals surface area contributed by atoms with Crippen LogP contribution in [0.4, 0.5) is 5.69 Å². The quantitative estimate of drug-likeness (QED) is 0.562. The van der Waals surface area contributed by atoms with Crippen molar-refractivity contribution in [3.63, 3.8) is 0 Å². The molecule has 2 aromatic rings. The minimum absolute atomic E-state index is 0.130. The Balaban J connectivity index is 1.68. The van der Waals surface area contributed by atoms with Gasteiger partial charge in [0.25, 0.3) is 5.56 Å². The Morgan fingerprint density at radius 1 is 1.31 bits per heavy atom. The van der Waals surface area contributed by atoms with E-state index in [1.54, 1.807) is 4.57 Å². The fourth-order valence-corrected chi connectivity index (χ4v) is 4.55. The normalized spacial score (nSPS) is 20.2. The molecular formula is C21H28N6O2. The van der Waals surface area contributed by atoms with Gasteiger partial charge in [-0.1, -0.05) is 0 Å². The third kappa shape index (κ3) is 3.40. The van der Waals surface area contributed by atoms with Crippen LogP contribution in [0.5, 0.6) is 0 Å². The molecule has 1 aliphatic carbocycles. The maximum Gasteiger partial charge on any atom is 0.350 e. The van der Waals surface area contributed by atoms with Gasteiger partial charge < -0.3 is 16.1 Å². The number of aryl methyl sites for hydroxylation is 1. The van der Waals surface area contributed by atoms with Gasteiger partial charge in [-0.15, -0.1) is 0 Å². The summed E-state index contributed by atoms with van der Waals surface area (Å²) in [5.41, 5.74) is 1.90. The van der Waals surface area contributed by atoms with Crippen LogP contribution in [0.3, 0.4) is 0 Å². The summed E-state index contributed by atoms with van der Waals surface area (Å²) < 4.78 is 2.45. The summed E-state index contributed by atoms with van der Waals surface area (Å²) in [6.07, 6.45) is 3.46. The summed E-state index contributed by atoms with van der Waals surface area (Å²) in [5.74, 6) is 6.25. The predicted octanol–water partition coefficient (Wildman–Crippen LogP) is 1.24. The van der Waals surface area contributed by atoms with Crippen LogP contribution < -0.4 is 27.3 Å². The number of nitrogen functional groups attached to an aromatic ring is 1. The number of anilines is 1. The van der Waals surface area contributed by atoms with E-state index in [1.165, 1.54) is 0 Å².